The topological polar surface area (TPSA) is 49.4 Å². The summed E-state index contributed by atoms with van der Waals surface area (Å²) in [7, 11) is 0. The normalized spacial score (nSPS) is 14.9. The van der Waals surface area contributed by atoms with Gasteiger partial charge in [0.1, 0.15) is 6.54 Å². The van der Waals surface area contributed by atoms with Gasteiger partial charge in [-0.05, 0) is 24.5 Å². The second-order valence-corrected chi connectivity index (χ2v) is 5.74. The van der Waals surface area contributed by atoms with Crippen LogP contribution in [-0.2, 0) is 4.79 Å². The molecule has 2 rings (SSSR count). The number of nitrogens with zero attached hydrogens (tertiary/aromatic N) is 1. The first-order valence-corrected chi connectivity index (χ1v) is 7.75. The Morgan fingerprint density at radius 3 is 3.06 bits per heavy atom. The van der Waals surface area contributed by atoms with E-state index in [0.29, 0.717) is 6.54 Å². The summed E-state index contributed by atoms with van der Waals surface area (Å²) in [6.07, 6.45) is 1.99. The lowest BCUT2D eigenvalue weighted by Gasteiger charge is -2.14. The van der Waals surface area contributed by atoms with Crippen LogP contribution in [0.25, 0.3) is 0 Å². The van der Waals surface area contributed by atoms with Crippen molar-refractivity contribution in [1.82, 2.24) is 4.90 Å². The fraction of sp³-hybridized carbons (Fsp3) is 0.333. The zero-order chi connectivity index (χ0) is 13.0. The van der Waals surface area contributed by atoms with Crippen molar-refractivity contribution in [1.29, 1.82) is 0 Å². The maximum Gasteiger partial charge on any atom is 0.282 e. The number of hydrogen-bond acceptors (Lipinski definition) is 4. The molecule has 18 heavy (non-hydrogen) atoms. The Bertz CT molecular complexity index is 465. The van der Waals surface area contributed by atoms with Crippen molar-refractivity contribution < 1.29 is 9.59 Å². The summed E-state index contributed by atoms with van der Waals surface area (Å²) >= 11 is 2.89. The second kappa shape index (κ2) is 6.15. The lowest BCUT2D eigenvalue weighted by molar-refractivity contribution is -0.116. The molecule has 0 aromatic heterocycles. The molecule has 1 aliphatic heterocycles. The van der Waals surface area contributed by atoms with Crippen LogP contribution in [0.15, 0.2) is 29.2 Å². The van der Waals surface area contributed by atoms with E-state index in [2.05, 4.69) is 5.32 Å². The molecule has 1 heterocycles. The molecule has 6 heteroatoms. The maximum atomic E-state index is 11.8. The molecular weight excluding hydrogens is 268 g/mol. The van der Waals surface area contributed by atoms with E-state index < -0.39 is 0 Å². The smallest absolute Gasteiger partial charge is 0.282 e. The minimum Gasteiger partial charge on any atom is -0.325 e. The molecule has 0 radical (unpaired) electrons. The van der Waals surface area contributed by atoms with Crippen molar-refractivity contribution in [2.75, 3.05) is 30.4 Å². The average Bonchev–Trinajstić information content (AvgIpc) is 2.75. The van der Waals surface area contributed by atoms with Crippen molar-refractivity contribution in [3.05, 3.63) is 24.3 Å². The number of thioether (sulfide) groups is 2. The van der Waals surface area contributed by atoms with Gasteiger partial charge in [0.05, 0.1) is 0 Å². The van der Waals surface area contributed by atoms with E-state index in [1.807, 2.05) is 30.5 Å². The molecule has 0 aliphatic carbocycles. The van der Waals surface area contributed by atoms with E-state index in [1.165, 1.54) is 11.8 Å². The maximum absolute atomic E-state index is 11.8. The molecule has 1 aromatic rings. The summed E-state index contributed by atoms with van der Waals surface area (Å²) in [5.41, 5.74) is 0.770. The fourth-order valence-corrected chi connectivity index (χ4v) is 2.93. The first-order valence-electron chi connectivity index (χ1n) is 5.54. The van der Waals surface area contributed by atoms with Gasteiger partial charge in [-0.3, -0.25) is 9.59 Å². The number of benzene rings is 1. The summed E-state index contributed by atoms with van der Waals surface area (Å²) in [6.45, 7) is 0.789. The SMILES string of the molecule is CSc1cccc(NC(=O)CN2CCSC2=O)c1. The largest absolute Gasteiger partial charge is 0.325 e. The number of carbonyl (C=O) groups is 2. The number of nitrogens with one attached hydrogen (secondary N) is 1. The molecule has 0 spiro atoms. The van der Waals surface area contributed by atoms with Gasteiger partial charge in [0.2, 0.25) is 5.91 Å². The minimum atomic E-state index is -0.149. The predicted molar refractivity (Wildman–Crippen MR) is 76.3 cm³/mol. The molecule has 0 saturated carbocycles. The number of rotatable bonds is 4. The third kappa shape index (κ3) is 3.43. The van der Waals surface area contributed by atoms with E-state index in [0.717, 1.165) is 16.3 Å². The highest BCUT2D eigenvalue weighted by atomic mass is 32.2. The molecule has 0 unspecified atom stereocenters. The Balaban J connectivity index is 1.92. The van der Waals surface area contributed by atoms with Crippen molar-refractivity contribution in [3.63, 3.8) is 0 Å². The molecule has 1 aliphatic rings. The zero-order valence-electron chi connectivity index (χ0n) is 10.0. The van der Waals surface area contributed by atoms with Crippen LogP contribution in [0.3, 0.4) is 0 Å². The monoisotopic (exact) mass is 282 g/mol. The van der Waals surface area contributed by atoms with E-state index in [9.17, 15) is 9.59 Å². The fourth-order valence-electron chi connectivity index (χ4n) is 1.64. The van der Waals surface area contributed by atoms with E-state index in [4.69, 9.17) is 0 Å². The van der Waals surface area contributed by atoms with E-state index in [-0.39, 0.29) is 17.7 Å². The van der Waals surface area contributed by atoms with Gasteiger partial charge in [0, 0.05) is 22.9 Å². The number of hydrogen-bond donors (Lipinski definition) is 1. The standard InChI is InChI=1S/C12H14N2O2S2/c1-17-10-4-2-3-9(7-10)13-11(15)8-14-5-6-18-12(14)16/h2-4,7H,5-6,8H2,1H3,(H,13,15). The van der Waals surface area contributed by atoms with Crippen LogP contribution in [0.1, 0.15) is 0 Å². The highest BCUT2D eigenvalue weighted by molar-refractivity contribution is 8.13. The van der Waals surface area contributed by atoms with Gasteiger partial charge in [-0.2, -0.15) is 0 Å². The molecule has 0 bridgehead atoms. The second-order valence-electron chi connectivity index (χ2n) is 3.82. The van der Waals surface area contributed by atoms with Gasteiger partial charge < -0.3 is 10.2 Å². The predicted octanol–water partition coefficient (Wildman–Crippen LogP) is 2.52. The molecule has 1 aromatic carbocycles. The van der Waals surface area contributed by atoms with Gasteiger partial charge in [-0.1, -0.05) is 17.8 Å². The molecule has 0 atom stereocenters. The van der Waals surface area contributed by atoms with Gasteiger partial charge in [-0.15, -0.1) is 11.8 Å². The molecular formula is C12H14N2O2S2. The van der Waals surface area contributed by atoms with Crippen LogP contribution >= 0.6 is 23.5 Å². The Kier molecular flexibility index (Phi) is 4.54. The van der Waals surface area contributed by atoms with Gasteiger partial charge in [-0.25, -0.2) is 0 Å². The molecule has 4 nitrogen and oxygen atoms in total. The van der Waals surface area contributed by atoms with Crippen molar-refractivity contribution in [2.45, 2.75) is 4.90 Å². The highest BCUT2D eigenvalue weighted by Crippen LogP contribution is 2.20. The number of amides is 2. The van der Waals surface area contributed by atoms with Gasteiger partial charge in [0.25, 0.3) is 5.24 Å². The van der Waals surface area contributed by atoms with Crippen LogP contribution in [0.4, 0.5) is 10.5 Å². The van der Waals surface area contributed by atoms with E-state index >= 15 is 0 Å². The van der Waals surface area contributed by atoms with Gasteiger partial charge in [0.15, 0.2) is 0 Å². The Labute approximate surface area is 114 Å². The number of anilines is 1. The van der Waals surface area contributed by atoms with Crippen molar-refractivity contribution in [3.8, 4) is 0 Å². The van der Waals surface area contributed by atoms with E-state index in [1.54, 1.807) is 16.7 Å². The number of carbonyl (C=O) groups excluding carboxylic acids is 2. The molecule has 1 N–H and O–H groups in total. The van der Waals surface area contributed by atoms with Crippen LogP contribution in [0.5, 0.6) is 0 Å². The van der Waals surface area contributed by atoms with Gasteiger partial charge >= 0.3 is 0 Å². The summed E-state index contributed by atoms with van der Waals surface area (Å²) in [5, 5.41) is 2.80. The summed E-state index contributed by atoms with van der Waals surface area (Å²) in [4.78, 5) is 25.8. The van der Waals surface area contributed by atoms with Crippen LogP contribution in [0.2, 0.25) is 0 Å². The summed E-state index contributed by atoms with van der Waals surface area (Å²) in [6, 6.07) is 7.65. The zero-order valence-corrected chi connectivity index (χ0v) is 11.6. The summed E-state index contributed by atoms with van der Waals surface area (Å²) in [5.74, 6) is 0.623. The van der Waals surface area contributed by atoms with Crippen molar-refractivity contribution >= 4 is 40.4 Å². The Morgan fingerprint density at radius 1 is 1.56 bits per heavy atom. The minimum absolute atomic E-state index is 0.0111. The molecule has 1 saturated heterocycles. The summed E-state index contributed by atoms with van der Waals surface area (Å²) < 4.78 is 0. The molecule has 1 fully saturated rings. The molecule has 2 amide bonds. The van der Waals surface area contributed by atoms with Crippen LogP contribution < -0.4 is 5.32 Å². The van der Waals surface area contributed by atoms with Crippen LogP contribution in [0, 0.1) is 0 Å². The third-order valence-electron chi connectivity index (χ3n) is 2.53. The lowest BCUT2D eigenvalue weighted by atomic mass is 10.3. The Morgan fingerprint density at radius 2 is 2.39 bits per heavy atom. The lowest BCUT2D eigenvalue weighted by Crippen LogP contribution is -2.33. The Hall–Kier alpha value is -1.14. The first-order chi connectivity index (χ1) is 8.69. The van der Waals surface area contributed by atoms with Crippen molar-refractivity contribution in [2.24, 2.45) is 0 Å². The average molecular weight is 282 g/mol. The highest BCUT2D eigenvalue weighted by Gasteiger charge is 2.23. The molecule has 96 valence electrons. The van der Waals surface area contributed by atoms with Crippen LogP contribution in [-0.4, -0.2) is 41.1 Å². The first kappa shape index (κ1) is 13.3. The third-order valence-corrected chi connectivity index (χ3v) is 4.15. The quantitative estimate of drug-likeness (QED) is 0.862.